The molecule has 0 aliphatic heterocycles. The van der Waals surface area contributed by atoms with Crippen molar-refractivity contribution in [2.24, 2.45) is 0 Å². The van der Waals surface area contributed by atoms with Crippen LogP contribution in [0.3, 0.4) is 0 Å². The summed E-state index contributed by atoms with van der Waals surface area (Å²) >= 11 is 6.74. The van der Waals surface area contributed by atoms with Crippen LogP contribution in [0.4, 0.5) is 10.7 Å². The number of hydrogen-bond donors (Lipinski definition) is 2. The summed E-state index contributed by atoms with van der Waals surface area (Å²) in [7, 11) is 4.50. The van der Waals surface area contributed by atoms with E-state index in [1.165, 1.54) is 18.4 Å². The summed E-state index contributed by atoms with van der Waals surface area (Å²) in [6, 6.07) is 7.10. The van der Waals surface area contributed by atoms with Gasteiger partial charge < -0.3 is 24.8 Å². The number of carbonyl (C=O) groups excluding carboxylic acids is 1. The molecule has 1 aromatic carbocycles. The largest absolute Gasteiger partial charge is 0.497 e. The number of aryl methyl sites for hydroxylation is 1. The van der Waals surface area contributed by atoms with E-state index in [1.54, 1.807) is 38.5 Å². The summed E-state index contributed by atoms with van der Waals surface area (Å²) in [6.07, 6.45) is 0. The van der Waals surface area contributed by atoms with Gasteiger partial charge in [0.15, 0.2) is 5.11 Å². The maximum atomic E-state index is 11.8. The molecule has 6 nitrogen and oxygen atoms in total. The van der Waals surface area contributed by atoms with Gasteiger partial charge in [-0.05, 0) is 25.2 Å². The number of rotatable bonds is 5. The van der Waals surface area contributed by atoms with E-state index >= 15 is 0 Å². The van der Waals surface area contributed by atoms with Crippen molar-refractivity contribution >= 4 is 45.3 Å². The van der Waals surface area contributed by atoms with Crippen molar-refractivity contribution in [1.29, 1.82) is 0 Å². The zero-order valence-corrected chi connectivity index (χ0v) is 15.4. The molecule has 1 heterocycles. The summed E-state index contributed by atoms with van der Waals surface area (Å²) in [5, 5.41) is 7.05. The van der Waals surface area contributed by atoms with Gasteiger partial charge in [0, 0.05) is 28.8 Å². The van der Waals surface area contributed by atoms with Crippen LogP contribution in [-0.2, 0) is 4.74 Å². The van der Waals surface area contributed by atoms with Crippen LogP contribution in [0.2, 0.25) is 0 Å². The van der Waals surface area contributed by atoms with Gasteiger partial charge in [-0.1, -0.05) is 0 Å². The Morgan fingerprint density at radius 3 is 2.21 bits per heavy atom. The lowest BCUT2D eigenvalue weighted by atomic mass is 10.3. The topological polar surface area (TPSA) is 68.8 Å². The number of benzene rings is 1. The van der Waals surface area contributed by atoms with Crippen LogP contribution < -0.4 is 20.1 Å². The van der Waals surface area contributed by atoms with E-state index in [9.17, 15) is 4.79 Å². The van der Waals surface area contributed by atoms with Crippen molar-refractivity contribution in [3.05, 3.63) is 34.7 Å². The molecule has 0 amide bonds. The average Bonchev–Trinajstić information content (AvgIpc) is 2.93. The predicted octanol–water partition coefficient (Wildman–Crippen LogP) is 3.67. The molecule has 24 heavy (non-hydrogen) atoms. The molecule has 2 aromatic rings. The number of thiocarbonyl (C=S) groups is 1. The Labute approximate surface area is 149 Å². The first-order chi connectivity index (χ1) is 11.5. The number of nitrogens with one attached hydrogen (secondary N) is 2. The Kier molecular flexibility index (Phi) is 5.99. The van der Waals surface area contributed by atoms with E-state index in [0.29, 0.717) is 32.9 Å². The van der Waals surface area contributed by atoms with Gasteiger partial charge in [0.25, 0.3) is 0 Å². The van der Waals surface area contributed by atoms with Gasteiger partial charge in [0.1, 0.15) is 16.5 Å². The van der Waals surface area contributed by atoms with Crippen molar-refractivity contribution in [2.75, 3.05) is 32.0 Å². The first-order valence-corrected chi connectivity index (χ1v) is 8.19. The number of hydrogen-bond acceptors (Lipinski definition) is 6. The van der Waals surface area contributed by atoms with Crippen LogP contribution in [0, 0.1) is 6.92 Å². The van der Waals surface area contributed by atoms with Crippen molar-refractivity contribution in [1.82, 2.24) is 0 Å². The van der Waals surface area contributed by atoms with E-state index in [1.807, 2.05) is 6.92 Å². The predicted molar refractivity (Wildman–Crippen MR) is 99.8 cm³/mol. The van der Waals surface area contributed by atoms with Gasteiger partial charge in [0.05, 0.1) is 26.9 Å². The lowest BCUT2D eigenvalue weighted by Crippen LogP contribution is -2.20. The van der Waals surface area contributed by atoms with Crippen LogP contribution in [0.25, 0.3) is 0 Å². The lowest BCUT2D eigenvalue weighted by Gasteiger charge is -2.12. The molecule has 0 aliphatic rings. The number of methoxy groups -OCH3 is 3. The maximum absolute atomic E-state index is 11.8. The molecule has 0 spiro atoms. The fourth-order valence-corrected chi connectivity index (χ4v) is 3.20. The van der Waals surface area contributed by atoms with Crippen molar-refractivity contribution in [2.45, 2.75) is 6.92 Å². The van der Waals surface area contributed by atoms with E-state index in [4.69, 9.17) is 26.4 Å². The monoisotopic (exact) mass is 366 g/mol. The zero-order chi connectivity index (χ0) is 17.7. The summed E-state index contributed by atoms with van der Waals surface area (Å²) in [5.41, 5.74) is 1.16. The van der Waals surface area contributed by atoms with E-state index in [-0.39, 0.29) is 0 Å². The van der Waals surface area contributed by atoms with Gasteiger partial charge in [-0.15, -0.1) is 11.3 Å². The summed E-state index contributed by atoms with van der Waals surface area (Å²) in [4.78, 5) is 12.8. The van der Waals surface area contributed by atoms with Gasteiger partial charge in [-0.25, -0.2) is 4.79 Å². The molecular weight excluding hydrogens is 348 g/mol. The summed E-state index contributed by atoms with van der Waals surface area (Å²) < 4.78 is 15.2. The molecule has 0 radical (unpaired) electrons. The van der Waals surface area contributed by atoms with E-state index in [2.05, 4.69) is 10.6 Å². The highest BCUT2D eigenvalue weighted by Crippen LogP contribution is 2.29. The third-order valence-electron chi connectivity index (χ3n) is 3.10. The SMILES string of the molecule is COC(=O)c1cc(C)sc1NC(=S)Nc1cc(OC)cc(OC)c1. The van der Waals surface area contributed by atoms with Gasteiger partial charge in [-0.3, -0.25) is 0 Å². The van der Waals surface area contributed by atoms with Gasteiger partial charge in [0.2, 0.25) is 0 Å². The standard InChI is InChI=1S/C16H18N2O4S2/c1-9-5-13(15(19)22-4)14(24-9)18-16(23)17-10-6-11(20-2)8-12(7-10)21-3/h5-8H,1-4H3,(H2,17,18,23). The minimum absolute atomic E-state index is 0.345. The molecule has 0 bridgehead atoms. The smallest absolute Gasteiger partial charge is 0.340 e. The second-order valence-electron chi connectivity index (χ2n) is 4.77. The molecule has 0 fully saturated rings. The first kappa shape index (κ1) is 18.0. The molecule has 2 rings (SSSR count). The van der Waals surface area contributed by atoms with Gasteiger partial charge >= 0.3 is 5.97 Å². The third-order valence-corrected chi connectivity index (χ3v) is 4.27. The first-order valence-electron chi connectivity index (χ1n) is 6.96. The number of carbonyl (C=O) groups is 1. The molecule has 128 valence electrons. The quantitative estimate of drug-likeness (QED) is 0.618. The summed E-state index contributed by atoms with van der Waals surface area (Å²) in [5.74, 6) is 0.872. The minimum Gasteiger partial charge on any atom is -0.497 e. The minimum atomic E-state index is -0.410. The lowest BCUT2D eigenvalue weighted by molar-refractivity contribution is 0.0602. The number of esters is 1. The van der Waals surface area contributed by atoms with E-state index < -0.39 is 5.97 Å². The van der Waals surface area contributed by atoms with Crippen LogP contribution in [-0.4, -0.2) is 32.4 Å². The molecule has 2 N–H and O–H groups in total. The Hall–Kier alpha value is -2.32. The molecule has 0 aliphatic carbocycles. The maximum Gasteiger partial charge on any atom is 0.340 e. The van der Waals surface area contributed by atoms with Crippen LogP contribution >= 0.6 is 23.6 Å². The number of anilines is 2. The molecule has 0 saturated carbocycles. The molecule has 0 atom stereocenters. The third kappa shape index (κ3) is 4.36. The highest BCUT2D eigenvalue weighted by Gasteiger charge is 2.16. The molecule has 0 unspecified atom stereocenters. The fraction of sp³-hybridized carbons (Fsp3) is 0.250. The van der Waals surface area contributed by atoms with Crippen molar-refractivity contribution in [3.8, 4) is 11.5 Å². The second kappa shape index (κ2) is 7.98. The zero-order valence-electron chi connectivity index (χ0n) is 13.8. The second-order valence-corrected chi connectivity index (χ2v) is 6.44. The number of ether oxygens (including phenoxy) is 3. The number of thiophene rings is 1. The Balaban J connectivity index is 2.16. The van der Waals surface area contributed by atoms with E-state index in [0.717, 1.165) is 4.88 Å². The van der Waals surface area contributed by atoms with Crippen LogP contribution in [0.5, 0.6) is 11.5 Å². The highest BCUT2D eigenvalue weighted by atomic mass is 32.1. The van der Waals surface area contributed by atoms with Gasteiger partial charge in [-0.2, -0.15) is 0 Å². The van der Waals surface area contributed by atoms with Crippen molar-refractivity contribution in [3.63, 3.8) is 0 Å². The molecule has 1 aromatic heterocycles. The average molecular weight is 366 g/mol. The van der Waals surface area contributed by atoms with Crippen molar-refractivity contribution < 1.29 is 19.0 Å². The van der Waals surface area contributed by atoms with Crippen LogP contribution in [0.1, 0.15) is 15.2 Å². The molecule has 0 saturated heterocycles. The Bertz CT molecular complexity index is 736. The fourth-order valence-electron chi connectivity index (χ4n) is 2.01. The Morgan fingerprint density at radius 1 is 1.04 bits per heavy atom. The Morgan fingerprint density at radius 2 is 1.67 bits per heavy atom. The molecular formula is C16H18N2O4S2. The summed E-state index contributed by atoms with van der Waals surface area (Å²) in [6.45, 7) is 1.91. The van der Waals surface area contributed by atoms with Crippen LogP contribution in [0.15, 0.2) is 24.3 Å². The normalized spacial score (nSPS) is 10.0. The highest BCUT2D eigenvalue weighted by molar-refractivity contribution is 7.80. The molecule has 8 heteroatoms.